The predicted octanol–water partition coefficient (Wildman–Crippen LogP) is 5.06. The SMILES string of the molecule is Cc1ccnc(Nc2cc(Nc3ccc(NC(=O)c4ccccc4F)cc3)ncn2)c1. The van der Waals surface area contributed by atoms with E-state index in [0.717, 1.165) is 11.3 Å². The number of aromatic nitrogens is 3. The van der Waals surface area contributed by atoms with Crippen molar-refractivity contribution in [1.29, 1.82) is 0 Å². The summed E-state index contributed by atoms with van der Waals surface area (Å²) in [7, 11) is 0. The number of hydrogen-bond donors (Lipinski definition) is 3. The molecule has 31 heavy (non-hydrogen) atoms. The van der Waals surface area contributed by atoms with E-state index in [1.807, 2.05) is 19.1 Å². The van der Waals surface area contributed by atoms with Gasteiger partial charge in [-0.2, -0.15) is 0 Å². The average Bonchev–Trinajstić information content (AvgIpc) is 2.76. The van der Waals surface area contributed by atoms with Gasteiger partial charge >= 0.3 is 0 Å². The second-order valence-corrected chi connectivity index (χ2v) is 6.77. The number of anilines is 5. The minimum Gasteiger partial charge on any atom is -0.340 e. The second kappa shape index (κ2) is 9.00. The van der Waals surface area contributed by atoms with Gasteiger partial charge in [0.1, 0.15) is 29.6 Å². The predicted molar refractivity (Wildman–Crippen MR) is 118 cm³/mol. The van der Waals surface area contributed by atoms with Gasteiger partial charge in [0.05, 0.1) is 5.56 Å². The summed E-state index contributed by atoms with van der Waals surface area (Å²) < 4.78 is 13.7. The third-order valence-corrected chi connectivity index (χ3v) is 4.37. The first-order valence-corrected chi connectivity index (χ1v) is 9.51. The van der Waals surface area contributed by atoms with Crippen LogP contribution < -0.4 is 16.0 Å². The third kappa shape index (κ3) is 5.18. The number of halogens is 1. The Morgan fingerprint density at radius 2 is 1.48 bits per heavy atom. The Balaban J connectivity index is 1.41. The third-order valence-electron chi connectivity index (χ3n) is 4.37. The molecule has 1 amide bonds. The van der Waals surface area contributed by atoms with Gasteiger partial charge in [0.2, 0.25) is 0 Å². The standard InChI is InChI=1S/C23H19FN6O/c1-15-10-11-25-20(12-15)30-22-13-21(26-14-27-22)28-16-6-8-17(9-7-16)29-23(31)18-4-2-3-5-19(18)24/h2-14H,1H3,(H,29,31)(H2,25,26,27,28,30). The molecule has 2 aromatic carbocycles. The molecular formula is C23H19FN6O. The van der Waals surface area contributed by atoms with E-state index < -0.39 is 11.7 Å². The van der Waals surface area contributed by atoms with Crippen LogP contribution in [0.25, 0.3) is 0 Å². The van der Waals surface area contributed by atoms with Gasteiger partial charge in [0, 0.05) is 23.6 Å². The Hall–Kier alpha value is -4.33. The molecule has 0 saturated carbocycles. The molecule has 0 aliphatic carbocycles. The Morgan fingerprint density at radius 3 is 2.23 bits per heavy atom. The van der Waals surface area contributed by atoms with Crippen LogP contribution in [0.3, 0.4) is 0 Å². The molecule has 154 valence electrons. The zero-order chi connectivity index (χ0) is 21.6. The molecule has 2 aromatic heterocycles. The van der Waals surface area contributed by atoms with Gasteiger partial charge in [-0.1, -0.05) is 12.1 Å². The van der Waals surface area contributed by atoms with Crippen LogP contribution in [-0.2, 0) is 0 Å². The van der Waals surface area contributed by atoms with Crippen molar-refractivity contribution in [3.8, 4) is 0 Å². The van der Waals surface area contributed by atoms with Gasteiger partial charge < -0.3 is 16.0 Å². The van der Waals surface area contributed by atoms with Gasteiger partial charge in [-0.15, -0.1) is 0 Å². The van der Waals surface area contributed by atoms with E-state index in [1.165, 1.54) is 24.5 Å². The lowest BCUT2D eigenvalue weighted by Crippen LogP contribution is -2.13. The van der Waals surface area contributed by atoms with Gasteiger partial charge in [0.25, 0.3) is 5.91 Å². The second-order valence-electron chi connectivity index (χ2n) is 6.77. The summed E-state index contributed by atoms with van der Waals surface area (Å²) in [5.41, 5.74) is 2.40. The Kier molecular flexibility index (Phi) is 5.79. The van der Waals surface area contributed by atoms with Crippen LogP contribution in [0.15, 0.2) is 79.3 Å². The Morgan fingerprint density at radius 1 is 0.806 bits per heavy atom. The van der Waals surface area contributed by atoms with Crippen molar-refractivity contribution in [2.45, 2.75) is 6.92 Å². The maximum absolute atomic E-state index is 13.7. The largest absolute Gasteiger partial charge is 0.340 e. The fraction of sp³-hybridized carbons (Fsp3) is 0.0435. The van der Waals surface area contributed by atoms with Gasteiger partial charge in [-0.3, -0.25) is 4.79 Å². The molecule has 3 N–H and O–H groups in total. The fourth-order valence-electron chi connectivity index (χ4n) is 2.86. The summed E-state index contributed by atoms with van der Waals surface area (Å²) in [6.45, 7) is 1.99. The maximum Gasteiger partial charge on any atom is 0.258 e. The molecule has 0 bridgehead atoms. The van der Waals surface area contributed by atoms with Crippen molar-refractivity contribution in [3.05, 3.63) is 96.2 Å². The van der Waals surface area contributed by atoms with Gasteiger partial charge in [-0.05, 0) is 61.0 Å². The van der Waals surface area contributed by atoms with Crippen LogP contribution in [0, 0.1) is 12.7 Å². The first kappa shape index (κ1) is 20.0. The van der Waals surface area contributed by atoms with E-state index in [-0.39, 0.29) is 5.56 Å². The number of amides is 1. The lowest BCUT2D eigenvalue weighted by atomic mass is 10.2. The van der Waals surface area contributed by atoms with Crippen LogP contribution in [0.4, 0.5) is 33.2 Å². The fourth-order valence-corrected chi connectivity index (χ4v) is 2.86. The number of benzene rings is 2. The molecule has 0 radical (unpaired) electrons. The highest BCUT2D eigenvalue weighted by Crippen LogP contribution is 2.21. The van der Waals surface area contributed by atoms with Crippen LogP contribution in [-0.4, -0.2) is 20.9 Å². The van der Waals surface area contributed by atoms with Crippen LogP contribution in [0.1, 0.15) is 15.9 Å². The normalized spacial score (nSPS) is 10.4. The van der Waals surface area contributed by atoms with Crippen LogP contribution >= 0.6 is 0 Å². The molecule has 4 aromatic rings. The Labute approximate surface area is 178 Å². The van der Waals surface area contributed by atoms with Gasteiger partial charge in [-0.25, -0.2) is 19.3 Å². The average molecular weight is 414 g/mol. The number of nitrogens with zero attached hydrogens (tertiary/aromatic N) is 3. The molecule has 4 rings (SSSR count). The number of carbonyl (C=O) groups excluding carboxylic acids is 1. The van der Waals surface area contributed by atoms with Crippen molar-refractivity contribution >= 4 is 34.7 Å². The topological polar surface area (TPSA) is 91.8 Å². The molecule has 0 saturated heterocycles. The minimum atomic E-state index is -0.563. The van der Waals surface area contributed by atoms with Crippen LogP contribution in [0.2, 0.25) is 0 Å². The number of rotatable bonds is 6. The molecule has 0 atom stereocenters. The first-order valence-electron chi connectivity index (χ1n) is 9.51. The van der Waals surface area contributed by atoms with E-state index in [0.29, 0.717) is 23.1 Å². The summed E-state index contributed by atoms with van der Waals surface area (Å²) in [6, 6.07) is 18.5. The summed E-state index contributed by atoms with van der Waals surface area (Å²) in [6.07, 6.45) is 3.17. The van der Waals surface area contributed by atoms with E-state index in [2.05, 4.69) is 30.9 Å². The number of carbonyl (C=O) groups is 1. The van der Waals surface area contributed by atoms with E-state index in [4.69, 9.17) is 0 Å². The Bertz CT molecular complexity index is 1210. The summed E-state index contributed by atoms with van der Waals surface area (Å²) in [4.78, 5) is 24.9. The molecule has 0 aliphatic rings. The van der Waals surface area contributed by atoms with Crippen molar-refractivity contribution in [3.63, 3.8) is 0 Å². The van der Waals surface area contributed by atoms with E-state index in [1.54, 1.807) is 42.6 Å². The lowest BCUT2D eigenvalue weighted by molar-refractivity contribution is 0.102. The number of nitrogens with one attached hydrogen (secondary N) is 3. The highest BCUT2D eigenvalue weighted by Gasteiger charge is 2.11. The molecule has 7 nitrogen and oxygen atoms in total. The number of hydrogen-bond acceptors (Lipinski definition) is 6. The van der Waals surface area contributed by atoms with Crippen molar-refractivity contribution in [2.75, 3.05) is 16.0 Å². The summed E-state index contributed by atoms with van der Waals surface area (Å²) in [5, 5.41) is 9.00. The molecule has 2 heterocycles. The molecular weight excluding hydrogens is 395 g/mol. The zero-order valence-electron chi connectivity index (χ0n) is 16.6. The zero-order valence-corrected chi connectivity index (χ0v) is 16.6. The van der Waals surface area contributed by atoms with Crippen molar-refractivity contribution < 1.29 is 9.18 Å². The van der Waals surface area contributed by atoms with Crippen molar-refractivity contribution in [2.24, 2.45) is 0 Å². The maximum atomic E-state index is 13.7. The van der Waals surface area contributed by atoms with Crippen LogP contribution in [0.5, 0.6) is 0 Å². The molecule has 0 unspecified atom stereocenters. The highest BCUT2D eigenvalue weighted by molar-refractivity contribution is 6.04. The first-order chi connectivity index (χ1) is 15.1. The molecule has 0 spiro atoms. The van der Waals surface area contributed by atoms with E-state index in [9.17, 15) is 9.18 Å². The molecule has 8 heteroatoms. The van der Waals surface area contributed by atoms with E-state index >= 15 is 0 Å². The quantitative estimate of drug-likeness (QED) is 0.409. The summed E-state index contributed by atoms with van der Waals surface area (Å²) in [5.74, 6) is 0.819. The highest BCUT2D eigenvalue weighted by atomic mass is 19.1. The summed E-state index contributed by atoms with van der Waals surface area (Å²) >= 11 is 0. The number of aryl methyl sites for hydroxylation is 1. The monoisotopic (exact) mass is 414 g/mol. The molecule has 0 aliphatic heterocycles. The van der Waals surface area contributed by atoms with Gasteiger partial charge in [0.15, 0.2) is 0 Å². The number of pyridine rings is 1. The molecule has 0 fully saturated rings. The minimum absolute atomic E-state index is 0.00573. The smallest absolute Gasteiger partial charge is 0.258 e. The van der Waals surface area contributed by atoms with Crippen molar-refractivity contribution in [1.82, 2.24) is 15.0 Å². The lowest BCUT2D eigenvalue weighted by Gasteiger charge is -2.10.